The van der Waals surface area contributed by atoms with E-state index in [0.29, 0.717) is 11.5 Å². The number of aliphatic carboxylic acids is 1. The number of ether oxygens (including phenoxy) is 2. The molecule has 1 aliphatic rings. The van der Waals surface area contributed by atoms with Crippen LogP contribution in [0.3, 0.4) is 0 Å². The van der Waals surface area contributed by atoms with Crippen LogP contribution in [0, 0.1) is 0 Å². The number of nitrogens with zero attached hydrogens (tertiary/aromatic N) is 1. The Bertz CT molecular complexity index is 514. The van der Waals surface area contributed by atoms with Gasteiger partial charge in [0.25, 0.3) is 5.91 Å². The Kier molecular flexibility index (Phi) is 4.12. The molecule has 1 unspecified atom stereocenters. The minimum Gasteiger partial charge on any atom is -0.485 e. The van der Waals surface area contributed by atoms with Gasteiger partial charge in [0.05, 0.1) is 0 Å². The fourth-order valence-corrected chi connectivity index (χ4v) is 1.99. The SMILES string of the molecule is CC(C)N(CC(=O)O)C(=O)C1COc2ccccc2O1. The number of fused-ring (bicyclic) bond motifs is 1. The largest absolute Gasteiger partial charge is 0.485 e. The van der Waals surface area contributed by atoms with Crippen LogP contribution in [0.25, 0.3) is 0 Å². The van der Waals surface area contributed by atoms with Crippen LogP contribution in [0.5, 0.6) is 11.5 Å². The lowest BCUT2D eigenvalue weighted by Gasteiger charge is -2.32. The van der Waals surface area contributed by atoms with Gasteiger partial charge in [-0.05, 0) is 26.0 Å². The van der Waals surface area contributed by atoms with Gasteiger partial charge in [0.1, 0.15) is 13.2 Å². The number of carboxylic acid groups (broad SMARTS) is 1. The van der Waals surface area contributed by atoms with Gasteiger partial charge in [-0.3, -0.25) is 9.59 Å². The van der Waals surface area contributed by atoms with E-state index < -0.39 is 12.1 Å². The van der Waals surface area contributed by atoms with E-state index in [1.54, 1.807) is 32.0 Å². The number of para-hydroxylation sites is 2. The topological polar surface area (TPSA) is 76.1 Å². The van der Waals surface area contributed by atoms with Crippen molar-refractivity contribution in [3.05, 3.63) is 24.3 Å². The standard InChI is InChI=1S/C14H17NO5/c1-9(2)15(7-13(16)17)14(18)12-8-19-10-5-3-4-6-11(10)20-12/h3-6,9,12H,7-8H2,1-2H3,(H,16,17). The lowest BCUT2D eigenvalue weighted by molar-refractivity contribution is -0.151. The van der Waals surface area contributed by atoms with Crippen molar-refractivity contribution in [2.75, 3.05) is 13.2 Å². The maximum Gasteiger partial charge on any atom is 0.323 e. The molecule has 1 atom stereocenters. The van der Waals surface area contributed by atoms with Gasteiger partial charge in [0.15, 0.2) is 11.5 Å². The monoisotopic (exact) mass is 279 g/mol. The molecule has 1 amide bonds. The average Bonchev–Trinajstić information content (AvgIpc) is 2.43. The lowest BCUT2D eigenvalue weighted by atomic mass is 10.2. The maximum absolute atomic E-state index is 12.3. The maximum atomic E-state index is 12.3. The van der Waals surface area contributed by atoms with Crippen LogP contribution in [-0.2, 0) is 9.59 Å². The lowest BCUT2D eigenvalue weighted by Crippen LogP contribution is -2.50. The second-order valence-electron chi connectivity index (χ2n) is 4.82. The Hall–Kier alpha value is -2.24. The zero-order chi connectivity index (χ0) is 14.7. The average molecular weight is 279 g/mol. The summed E-state index contributed by atoms with van der Waals surface area (Å²) in [6.07, 6.45) is -0.813. The number of carbonyl (C=O) groups excluding carboxylic acids is 1. The summed E-state index contributed by atoms with van der Waals surface area (Å²) < 4.78 is 11.1. The second-order valence-corrected chi connectivity index (χ2v) is 4.82. The molecule has 2 rings (SSSR count). The van der Waals surface area contributed by atoms with Gasteiger partial charge in [-0.25, -0.2) is 0 Å². The van der Waals surface area contributed by atoms with Crippen molar-refractivity contribution in [1.29, 1.82) is 0 Å². The van der Waals surface area contributed by atoms with Crippen LogP contribution in [0.2, 0.25) is 0 Å². The summed E-state index contributed by atoms with van der Waals surface area (Å²) in [7, 11) is 0. The quantitative estimate of drug-likeness (QED) is 0.894. The third kappa shape index (κ3) is 3.01. The van der Waals surface area contributed by atoms with E-state index in [2.05, 4.69) is 0 Å². The van der Waals surface area contributed by atoms with E-state index in [1.165, 1.54) is 4.90 Å². The van der Waals surface area contributed by atoms with Crippen LogP contribution in [0.15, 0.2) is 24.3 Å². The van der Waals surface area contributed by atoms with Crippen LogP contribution in [0.4, 0.5) is 0 Å². The Morgan fingerprint density at radius 2 is 2.00 bits per heavy atom. The molecule has 0 aromatic heterocycles. The highest BCUT2D eigenvalue weighted by Crippen LogP contribution is 2.31. The van der Waals surface area contributed by atoms with Gasteiger partial charge in [-0.2, -0.15) is 0 Å². The van der Waals surface area contributed by atoms with Gasteiger partial charge < -0.3 is 19.5 Å². The second kappa shape index (κ2) is 5.81. The normalized spacial score (nSPS) is 16.9. The van der Waals surface area contributed by atoms with E-state index in [-0.39, 0.29) is 25.1 Å². The van der Waals surface area contributed by atoms with E-state index in [0.717, 1.165) is 0 Å². The van der Waals surface area contributed by atoms with Crippen molar-refractivity contribution < 1.29 is 24.2 Å². The molecule has 1 aliphatic heterocycles. The molecule has 6 nitrogen and oxygen atoms in total. The molecule has 0 bridgehead atoms. The minimum absolute atomic E-state index is 0.0820. The molecule has 6 heteroatoms. The number of benzene rings is 1. The first-order valence-electron chi connectivity index (χ1n) is 6.40. The molecule has 0 saturated carbocycles. The van der Waals surface area contributed by atoms with Gasteiger partial charge in [-0.1, -0.05) is 12.1 Å². The predicted octanol–water partition coefficient (Wildman–Crippen LogP) is 1.15. The number of carboxylic acids is 1. The van der Waals surface area contributed by atoms with Crippen molar-refractivity contribution >= 4 is 11.9 Å². The molecular weight excluding hydrogens is 262 g/mol. The summed E-state index contributed by atoms with van der Waals surface area (Å²) in [5.74, 6) is -0.344. The Balaban J connectivity index is 2.11. The summed E-state index contributed by atoms with van der Waals surface area (Å²) in [6, 6.07) is 6.85. The van der Waals surface area contributed by atoms with Gasteiger partial charge in [0.2, 0.25) is 6.10 Å². The molecule has 108 valence electrons. The zero-order valence-electron chi connectivity index (χ0n) is 11.4. The number of amides is 1. The highest BCUT2D eigenvalue weighted by Gasteiger charge is 2.33. The van der Waals surface area contributed by atoms with Gasteiger partial charge in [-0.15, -0.1) is 0 Å². The van der Waals surface area contributed by atoms with Crippen molar-refractivity contribution in [3.63, 3.8) is 0 Å². The fraction of sp³-hybridized carbons (Fsp3) is 0.429. The highest BCUT2D eigenvalue weighted by molar-refractivity contribution is 5.85. The first-order chi connectivity index (χ1) is 9.49. The molecule has 1 N–H and O–H groups in total. The predicted molar refractivity (Wildman–Crippen MR) is 70.8 cm³/mol. The fourth-order valence-electron chi connectivity index (χ4n) is 1.99. The zero-order valence-corrected chi connectivity index (χ0v) is 11.4. The summed E-state index contributed by atoms with van der Waals surface area (Å²) in [6.45, 7) is 3.26. The van der Waals surface area contributed by atoms with E-state index in [9.17, 15) is 9.59 Å². The number of hydrogen-bond acceptors (Lipinski definition) is 4. The number of carbonyl (C=O) groups is 2. The Morgan fingerprint density at radius 3 is 2.60 bits per heavy atom. The van der Waals surface area contributed by atoms with Crippen LogP contribution in [0.1, 0.15) is 13.8 Å². The van der Waals surface area contributed by atoms with Crippen molar-refractivity contribution in [3.8, 4) is 11.5 Å². The van der Waals surface area contributed by atoms with E-state index in [4.69, 9.17) is 14.6 Å². The first kappa shape index (κ1) is 14.2. The molecular formula is C14H17NO5. The molecule has 20 heavy (non-hydrogen) atoms. The highest BCUT2D eigenvalue weighted by atomic mass is 16.6. The summed E-state index contributed by atoms with van der Waals surface area (Å²) >= 11 is 0. The molecule has 1 heterocycles. The number of hydrogen-bond donors (Lipinski definition) is 1. The Labute approximate surface area is 116 Å². The third-order valence-corrected chi connectivity index (χ3v) is 3.00. The molecule has 0 spiro atoms. The summed E-state index contributed by atoms with van der Waals surface area (Å²) in [4.78, 5) is 24.4. The molecule has 1 aromatic rings. The van der Waals surface area contributed by atoms with E-state index in [1.807, 2.05) is 6.07 Å². The minimum atomic E-state index is -1.05. The summed E-state index contributed by atoms with van der Waals surface area (Å²) in [5.41, 5.74) is 0. The van der Waals surface area contributed by atoms with Crippen LogP contribution >= 0.6 is 0 Å². The molecule has 0 saturated heterocycles. The third-order valence-electron chi connectivity index (χ3n) is 3.00. The molecule has 0 radical (unpaired) electrons. The van der Waals surface area contributed by atoms with Crippen molar-refractivity contribution in [2.24, 2.45) is 0 Å². The van der Waals surface area contributed by atoms with Crippen molar-refractivity contribution in [1.82, 2.24) is 4.90 Å². The molecule has 0 aliphatic carbocycles. The first-order valence-corrected chi connectivity index (χ1v) is 6.40. The Morgan fingerprint density at radius 1 is 1.35 bits per heavy atom. The molecule has 0 fully saturated rings. The van der Waals surface area contributed by atoms with Gasteiger partial charge in [0, 0.05) is 6.04 Å². The van der Waals surface area contributed by atoms with Crippen LogP contribution < -0.4 is 9.47 Å². The number of rotatable bonds is 4. The smallest absolute Gasteiger partial charge is 0.323 e. The van der Waals surface area contributed by atoms with Crippen LogP contribution in [-0.4, -0.2) is 47.2 Å². The molecule has 1 aromatic carbocycles. The summed E-state index contributed by atoms with van der Waals surface area (Å²) in [5, 5.41) is 8.87. The van der Waals surface area contributed by atoms with Gasteiger partial charge >= 0.3 is 5.97 Å². The van der Waals surface area contributed by atoms with Crippen molar-refractivity contribution in [2.45, 2.75) is 26.0 Å². The van der Waals surface area contributed by atoms with E-state index >= 15 is 0 Å².